The number of ether oxygens (including phenoxy) is 1. The van der Waals surface area contributed by atoms with Gasteiger partial charge >= 0.3 is 0 Å². The lowest BCUT2D eigenvalue weighted by molar-refractivity contribution is 0.232. The third kappa shape index (κ3) is 7.73. The van der Waals surface area contributed by atoms with E-state index in [0.717, 1.165) is 31.2 Å². The fourth-order valence-corrected chi connectivity index (χ4v) is 2.84. The molecule has 1 aromatic rings. The lowest BCUT2D eigenvalue weighted by atomic mass is 10.1. The number of hydrogen-bond donors (Lipinski definition) is 2. The first kappa shape index (κ1) is 19.5. The number of nitrogens with zero attached hydrogens (tertiary/aromatic N) is 3. The molecular weight excluding hydrogens is 314 g/mol. The highest BCUT2D eigenvalue weighted by Crippen LogP contribution is 2.10. The number of guanidine groups is 1. The number of piperidine rings is 1. The summed E-state index contributed by atoms with van der Waals surface area (Å²) < 4.78 is 5.57. The summed E-state index contributed by atoms with van der Waals surface area (Å²) in [7, 11) is 0. The molecule has 1 aliphatic rings. The van der Waals surface area contributed by atoms with E-state index in [1.807, 2.05) is 32.2 Å². The lowest BCUT2D eigenvalue weighted by Gasteiger charge is -2.26. The van der Waals surface area contributed by atoms with Crippen LogP contribution in [0, 0.1) is 0 Å². The highest BCUT2D eigenvalue weighted by Gasteiger charge is 2.09. The van der Waals surface area contributed by atoms with Crippen molar-refractivity contribution in [2.24, 2.45) is 4.99 Å². The molecule has 0 atom stereocenters. The average Bonchev–Trinajstić information content (AvgIpc) is 2.61. The molecule has 0 aliphatic carbocycles. The number of nitrogens with one attached hydrogen (secondary N) is 2. The van der Waals surface area contributed by atoms with E-state index in [1.54, 1.807) is 0 Å². The summed E-state index contributed by atoms with van der Waals surface area (Å²) in [6.07, 6.45) is 6.01. The van der Waals surface area contributed by atoms with Crippen molar-refractivity contribution in [2.75, 3.05) is 32.7 Å². The number of pyridine rings is 1. The van der Waals surface area contributed by atoms with E-state index < -0.39 is 0 Å². The Morgan fingerprint density at radius 2 is 2.04 bits per heavy atom. The van der Waals surface area contributed by atoms with Gasteiger partial charge in [0.2, 0.25) is 5.88 Å². The van der Waals surface area contributed by atoms with Crippen molar-refractivity contribution < 1.29 is 4.74 Å². The van der Waals surface area contributed by atoms with Crippen molar-refractivity contribution >= 4 is 5.96 Å². The number of likely N-dealkylation sites (tertiary alicyclic amines) is 1. The summed E-state index contributed by atoms with van der Waals surface area (Å²) in [5.74, 6) is 1.52. The van der Waals surface area contributed by atoms with Gasteiger partial charge in [-0.1, -0.05) is 12.5 Å². The molecule has 0 spiro atoms. The zero-order valence-electron chi connectivity index (χ0n) is 15.9. The van der Waals surface area contributed by atoms with Gasteiger partial charge in [0.25, 0.3) is 0 Å². The van der Waals surface area contributed by atoms with Crippen molar-refractivity contribution in [1.29, 1.82) is 0 Å². The Morgan fingerprint density at radius 3 is 2.68 bits per heavy atom. The second-order valence-electron chi connectivity index (χ2n) is 6.70. The summed E-state index contributed by atoms with van der Waals surface area (Å²) in [6.45, 7) is 12.0. The maximum atomic E-state index is 5.57. The minimum absolute atomic E-state index is 0.140. The predicted molar refractivity (Wildman–Crippen MR) is 103 cm³/mol. The molecule has 0 aromatic carbocycles. The predicted octanol–water partition coefficient (Wildman–Crippen LogP) is 2.41. The molecule has 1 aromatic heterocycles. The topological polar surface area (TPSA) is 61.8 Å². The van der Waals surface area contributed by atoms with E-state index in [-0.39, 0.29) is 6.10 Å². The molecule has 1 fully saturated rings. The summed E-state index contributed by atoms with van der Waals surface area (Å²) in [4.78, 5) is 11.5. The Bertz CT molecular complexity index is 509. The Morgan fingerprint density at radius 1 is 1.24 bits per heavy atom. The van der Waals surface area contributed by atoms with Gasteiger partial charge in [-0.15, -0.1) is 0 Å². The first-order chi connectivity index (χ1) is 12.2. The molecule has 0 bridgehead atoms. The van der Waals surface area contributed by atoms with Gasteiger partial charge in [-0.2, -0.15) is 0 Å². The van der Waals surface area contributed by atoms with Crippen LogP contribution in [0.4, 0.5) is 0 Å². The maximum Gasteiger partial charge on any atom is 0.213 e. The average molecular weight is 348 g/mol. The summed E-state index contributed by atoms with van der Waals surface area (Å²) in [6, 6.07) is 3.92. The number of aliphatic imine (C=N–C) groups is 1. The molecule has 2 N–H and O–H groups in total. The van der Waals surface area contributed by atoms with Crippen LogP contribution >= 0.6 is 0 Å². The number of aromatic nitrogens is 1. The fraction of sp³-hybridized carbons (Fsp3) is 0.684. The van der Waals surface area contributed by atoms with Crippen LogP contribution < -0.4 is 15.4 Å². The third-order valence-corrected chi connectivity index (χ3v) is 4.09. The van der Waals surface area contributed by atoms with Crippen LogP contribution in [0.5, 0.6) is 5.88 Å². The number of rotatable bonds is 8. The molecule has 25 heavy (non-hydrogen) atoms. The van der Waals surface area contributed by atoms with Gasteiger partial charge in [-0.05, 0) is 52.3 Å². The molecule has 1 saturated heterocycles. The second kappa shape index (κ2) is 10.9. The van der Waals surface area contributed by atoms with Gasteiger partial charge < -0.3 is 20.3 Å². The Labute approximate surface area is 152 Å². The van der Waals surface area contributed by atoms with E-state index in [9.17, 15) is 0 Å². The molecule has 6 nitrogen and oxygen atoms in total. The molecule has 0 saturated carbocycles. The molecule has 0 amide bonds. The SMILES string of the molecule is CCNC(=NCc1ccc(OC(C)C)nc1)NCCN1CCCCC1. The van der Waals surface area contributed by atoms with Gasteiger partial charge in [0.15, 0.2) is 5.96 Å². The van der Waals surface area contributed by atoms with Crippen LogP contribution in [0.25, 0.3) is 0 Å². The molecule has 0 unspecified atom stereocenters. The smallest absolute Gasteiger partial charge is 0.213 e. The zero-order chi connectivity index (χ0) is 17.9. The molecule has 1 aliphatic heterocycles. The van der Waals surface area contributed by atoms with Crippen LogP contribution in [-0.4, -0.2) is 54.7 Å². The molecule has 6 heteroatoms. The summed E-state index contributed by atoms with van der Waals surface area (Å²) in [5, 5.41) is 6.73. The second-order valence-corrected chi connectivity index (χ2v) is 6.70. The number of hydrogen-bond acceptors (Lipinski definition) is 4. The van der Waals surface area contributed by atoms with Gasteiger partial charge in [-0.3, -0.25) is 0 Å². The quantitative estimate of drug-likeness (QED) is 0.559. The Hall–Kier alpha value is -1.82. The summed E-state index contributed by atoms with van der Waals surface area (Å²) in [5.41, 5.74) is 1.07. The van der Waals surface area contributed by atoms with Crippen LogP contribution in [0.1, 0.15) is 45.6 Å². The fourth-order valence-electron chi connectivity index (χ4n) is 2.84. The highest BCUT2D eigenvalue weighted by molar-refractivity contribution is 5.79. The van der Waals surface area contributed by atoms with Gasteiger partial charge in [0.1, 0.15) is 0 Å². The van der Waals surface area contributed by atoms with Crippen molar-refractivity contribution in [3.63, 3.8) is 0 Å². The van der Waals surface area contributed by atoms with E-state index in [1.165, 1.54) is 32.4 Å². The van der Waals surface area contributed by atoms with Crippen LogP contribution in [-0.2, 0) is 6.54 Å². The minimum Gasteiger partial charge on any atom is -0.475 e. The standard InChI is InChI=1S/C19H33N5O/c1-4-20-19(21-10-13-24-11-6-5-7-12-24)23-15-17-8-9-18(22-14-17)25-16(2)3/h8-9,14,16H,4-7,10-13,15H2,1-3H3,(H2,20,21,23). The van der Waals surface area contributed by atoms with Gasteiger partial charge in [0, 0.05) is 31.9 Å². The van der Waals surface area contributed by atoms with Gasteiger partial charge in [0.05, 0.1) is 12.6 Å². The van der Waals surface area contributed by atoms with E-state index in [2.05, 4.69) is 32.4 Å². The normalized spacial score (nSPS) is 16.1. The monoisotopic (exact) mass is 347 g/mol. The first-order valence-electron chi connectivity index (χ1n) is 9.53. The first-order valence-corrected chi connectivity index (χ1v) is 9.53. The van der Waals surface area contributed by atoms with E-state index in [4.69, 9.17) is 4.74 Å². The molecule has 2 heterocycles. The van der Waals surface area contributed by atoms with Crippen molar-refractivity contribution in [2.45, 2.75) is 52.7 Å². The zero-order valence-corrected chi connectivity index (χ0v) is 15.9. The van der Waals surface area contributed by atoms with Crippen molar-refractivity contribution in [1.82, 2.24) is 20.5 Å². The summed E-state index contributed by atoms with van der Waals surface area (Å²) >= 11 is 0. The van der Waals surface area contributed by atoms with Crippen LogP contribution in [0.2, 0.25) is 0 Å². The molecular formula is C19H33N5O. The third-order valence-electron chi connectivity index (χ3n) is 4.09. The van der Waals surface area contributed by atoms with Crippen LogP contribution in [0.3, 0.4) is 0 Å². The molecule has 2 rings (SSSR count). The van der Waals surface area contributed by atoms with Crippen molar-refractivity contribution in [3.8, 4) is 5.88 Å². The minimum atomic E-state index is 0.140. The van der Waals surface area contributed by atoms with E-state index in [0.29, 0.717) is 12.4 Å². The Kier molecular flexibility index (Phi) is 8.52. The highest BCUT2D eigenvalue weighted by atomic mass is 16.5. The van der Waals surface area contributed by atoms with Gasteiger partial charge in [-0.25, -0.2) is 9.98 Å². The van der Waals surface area contributed by atoms with E-state index >= 15 is 0 Å². The Balaban J connectivity index is 1.79. The maximum absolute atomic E-state index is 5.57. The largest absolute Gasteiger partial charge is 0.475 e. The van der Waals surface area contributed by atoms with Crippen molar-refractivity contribution in [3.05, 3.63) is 23.9 Å². The molecule has 0 radical (unpaired) electrons. The lowest BCUT2D eigenvalue weighted by Crippen LogP contribution is -2.42. The van der Waals surface area contributed by atoms with Crippen LogP contribution in [0.15, 0.2) is 23.3 Å². The molecule has 140 valence electrons.